The van der Waals surface area contributed by atoms with Gasteiger partial charge in [-0.05, 0) is 43.2 Å². The Hall–Kier alpha value is -3.35. The molecule has 2 aromatic rings. The summed E-state index contributed by atoms with van der Waals surface area (Å²) in [4.78, 5) is 22.4. The fourth-order valence-electron chi connectivity index (χ4n) is 2.07. The molecule has 0 aliphatic rings. The summed E-state index contributed by atoms with van der Waals surface area (Å²) in [5.74, 6) is -0.476. The lowest BCUT2D eigenvalue weighted by molar-refractivity contribution is -0.139. The van der Waals surface area contributed by atoms with Gasteiger partial charge in [0, 0.05) is 5.56 Å². The number of nitrogens with one attached hydrogen (secondary N) is 1. The molecule has 0 spiro atoms. The number of hydrazone groups is 1. The second-order valence-electron chi connectivity index (χ2n) is 5.57. The van der Waals surface area contributed by atoms with Crippen molar-refractivity contribution >= 4 is 18.1 Å². The molecule has 7 nitrogen and oxygen atoms in total. The molecule has 0 aliphatic heterocycles. The van der Waals surface area contributed by atoms with Crippen LogP contribution < -0.4 is 14.9 Å². The van der Waals surface area contributed by atoms with E-state index in [1.807, 2.05) is 32.0 Å². The average Bonchev–Trinajstić information content (AvgIpc) is 2.61. The van der Waals surface area contributed by atoms with Crippen LogP contribution in [0.1, 0.15) is 16.7 Å². The van der Waals surface area contributed by atoms with Crippen molar-refractivity contribution in [2.45, 2.75) is 13.8 Å². The minimum absolute atomic E-state index is 0.168. The Bertz CT molecular complexity index is 817. The summed E-state index contributed by atoms with van der Waals surface area (Å²) in [6.07, 6.45) is 1.38. The van der Waals surface area contributed by atoms with Gasteiger partial charge < -0.3 is 14.6 Å². The van der Waals surface area contributed by atoms with Crippen molar-refractivity contribution in [1.29, 1.82) is 0 Å². The maximum Gasteiger partial charge on any atom is 0.341 e. The summed E-state index contributed by atoms with van der Waals surface area (Å²) in [6, 6.07) is 12.5. The van der Waals surface area contributed by atoms with Crippen LogP contribution in [0.2, 0.25) is 0 Å². The quantitative estimate of drug-likeness (QED) is 0.559. The molecule has 0 radical (unpaired) electrons. The second-order valence-corrected chi connectivity index (χ2v) is 5.57. The van der Waals surface area contributed by atoms with E-state index in [1.165, 1.54) is 6.21 Å². The van der Waals surface area contributed by atoms with E-state index in [0.717, 1.165) is 11.1 Å². The topological polar surface area (TPSA) is 97.2 Å². The first kappa shape index (κ1) is 19.0. The van der Waals surface area contributed by atoms with E-state index in [4.69, 9.17) is 14.6 Å². The van der Waals surface area contributed by atoms with E-state index in [0.29, 0.717) is 17.1 Å². The van der Waals surface area contributed by atoms with Gasteiger partial charge >= 0.3 is 5.97 Å². The Labute approximate surface area is 151 Å². The second kappa shape index (κ2) is 9.22. The van der Waals surface area contributed by atoms with Crippen molar-refractivity contribution in [1.82, 2.24) is 5.43 Å². The summed E-state index contributed by atoms with van der Waals surface area (Å²) in [6.45, 7) is 3.22. The molecule has 1 amide bonds. The van der Waals surface area contributed by atoms with Crippen LogP contribution in [-0.4, -0.2) is 36.4 Å². The van der Waals surface area contributed by atoms with Crippen molar-refractivity contribution < 1.29 is 24.2 Å². The van der Waals surface area contributed by atoms with Gasteiger partial charge in [0.1, 0.15) is 11.5 Å². The van der Waals surface area contributed by atoms with Gasteiger partial charge in [-0.25, -0.2) is 10.2 Å². The van der Waals surface area contributed by atoms with Gasteiger partial charge in [-0.2, -0.15) is 5.10 Å². The van der Waals surface area contributed by atoms with Crippen LogP contribution in [0.15, 0.2) is 47.6 Å². The molecule has 136 valence electrons. The number of ether oxygens (including phenoxy) is 2. The molecule has 2 N–H and O–H groups in total. The van der Waals surface area contributed by atoms with Crippen LogP contribution >= 0.6 is 0 Å². The molecule has 0 aromatic heterocycles. The summed E-state index contributed by atoms with van der Waals surface area (Å²) in [7, 11) is 0. The van der Waals surface area contributed by atoms with E-state index in [1.54, 1.807) is 24.3 Å². The normalized spacial score (nSPS) is 10.5. The van der Waals surface area contributed by atoms with Crippen LogP contribution in [0.4, 0.5) is 0 Å². The number of aliphatic carboxylic acids is 1. The zero-order valence-electron chi connectivity index (χ0n) is 14.6. The van der Waals surface area contributed by atoms with Crippen LogP contribution in [-0.2, 0) is 9.59 Å². The number of benzene rings is 2. The smallest absolute Gasteiger partial charge is 0.341 e. The maximum atomic E-state index is 11.8. The molecule has 26 heavy (non-hydrogen) atoms. The molecule has 0 saturated carbocycles. The number of amides is 1. The van der Waals surface area contributed by atoms with E-state index in [2.05, 4.69) is 10.5 Å². The highest BCUT2D eigenvalue weighted by atomic mass is 16.5. The van der Waals surface area contributed by atoms with Gasteiger partial charge in [0.15, 0.2) is 13.2 Å². The monoisotopic (exact) mass is 356 g/mol. The third-order valence-electron chi connectivity index (χ3n) is 3.37. The Balaban J connectivity index is 1.89. The highest BCUT2D eigenvalue weighted by molar-refractivity contribution is 5.85. The number of nitrogens with zero attached hydrogens (tertiary/aromatic N) is 1. The molecular formula is C19H20N2O5. The van der Waals surface area contributed by atoms with Crippen molar-refractivity contribution in [2.75, 3.05) is 13.2 Å². The molecule has 0 atom stereocenters. The van der Waals surface area contributed by atoms with Crippen molar-refractivity contribution in [2.24, 2.45) is 5.10 Å². The lowest BCUT2D eigenvalue weighted by atomic mass is 10.1. The standard InChI is InChI=1S/C19H20N2O5/c1-13-7-8-14(2)17(9-13)25-11-18(22)21-20-10-15-5-3-4-6-16(15)26-12-19(23)24/h3-10H,11-12H2,1-2H3,(H,21,22)(H,23,24)/b20-10+. The van der Waals surface area contributed by atoms with E-state index in [9.17, 15) is 9.59 Å². The number of carboxylic acids is 1. The number of rotatable bonds is 8. The Morgan fingerprint density at radius 1 is 1.08 bits per heavy atom. The highest BCUT2D eigenvalue weighted by Crippen LogP contribution is 2.19. The average molecular weight is 356 g/mol. The van der Waals surface area contributed by atoms with Crippen LogP contribution in [0.3, 0.4) is 0 Å². The molecule has 2 aromatic carbocycles. The molecular weight excluding hydrogens is 336 g/mol. The number of carbonyl (C=O) groups excluding carboxylic acids is 1. The zero-order valence-corrected chi connectivity index (χ0v) is 14.6. The number of para-hydroxylation sites is 1. The van der Waals surface area contributed by atoms with Gasteiger partial charge in [-0.15, -0.1) is 0 Å². The molecule has 0 saturated heterocycles. The Morgan fingerprint density at radius 3 is 2.58 bits per heavy atom. The predicted octanol–water partition coefficient (Wildman–Crippen LogP) is 2.30. The lowest BCUT2D eigenvalue weighted by Gasteiger charge is -2.09. The largest absolute Gasteiger partial charge is 0.483 e. The van der Waals surface area contributed by atoms with E-state index >= 15 is 0 Å². The number of aryl methyl sites for hydroxylation is 2. The first-order valence-corrected chi connectivity index (χ1v) is 7.91. The number of carbonyl (C=O) groups is 2. The van der Waals surface area contributed by atoms with E-state index in [-0.39, 0.29) is 6.61 Å². The van der Waals surface area contributed by atoms with E-state index < -0.39 is 18.5 Å². The molecule has 2 rings (SSSR count). The SMILES string of the molecule is Cc1ccc(C)c(OCC(=O)N/N=C/c2ccccc2OCC(=O)O)c1. The predicted molar refractivity (Wildman–Crippen MR) is 96.7 cm³/mol. The van der Waals surface area contributed by atoms with Crippen molar-refractivity contribution in [3.05, 3.63) is 59.2 Å². The maximum absolute atomic E-state index is 11.8. The number of carboxylic acid groups (broad SMARTS) is 1. The summed E-state index contributed by atoms with van der Waals surface area (Å²) >= 11 is 0. The van der Waals surface area contributed by atoms with Gasteiger partial charge in [-0.1, -0.05) is 24.3 Å². The van der Waals surface area contributed by atoms with Crippen LogP contribution in [0.25, 0.3) is 0 Å². The van der Waals surface area contributed by atoms with Gasteiger partial charge in [0.2, 0.25) is 0 Å². The third-order valence-corrected chi connectivity index (χ3v) is 3.37. The Morgan fingerprint density at radius 2 is 1.81 bits per heavy atom. The molecule has 0 unspecified atom stereocenters. The minimum Gasteiger partial charge on any atom is -0.483 e. The van der Waals surface area contributed by atoms with Crippen molar-refractivity contribution in [3.63, 3.8) is 0 Å². The van der Waals surface area contributed by atoms with Gasteiger partial charge in [-0.3, -0.25) is 4.79 Å². The number of hydrogen-bond acceptors (Lipinski definition) is 5. The van der Waals surface area contributed by atoms with Gasteiger partial charge in [0.25, 0.3) is 5.91 Å². The molecule has 0 heterocycles. The lowest BCUT2D eigenvalue weighted by Crippen LogP contribution is -2.24. The molecule has 7 heteroatoms. The van der Waals surface area contributed by atoms with Crippen molar-refractivity contribution in [3.8, 4) is 11.5 Å². The minimum atomic E-state index is -1.08. The molecule has 0 bridgehead atoms. The Kier molecular flexibility index (Phi) is 6.73. The zero-order chi connectivity index (χ0) is 18.9. The summed E-state index contributed by atoms with van der Waals surface area (Å²) < 4.78 is 10.7. The fraction of sp³-hybridized carbons (Fsp3) is 0.211. The fourth-order valence-corrected chi connectivity index (χ4v) is 2.07. The van der Waals surface area contributed by atoms with Crippen LogP contribution in [0, 0.1) is 13.8 Å². The van der Waals surface area contributed by atoms with Gasteiger partial charge in [0.05, 0.1) is 6.21 Å². The number of hydrogen-bond donors (Lipinski definition) is 2. The summed E-state index contributed by atoms with van der Waals surface area (Å²) in [5, 5.41) is 12.5. The third kappa shape index (κ3) is 5.94. The molecule has 0 fully saturated rings. The molecule has 0 aliphatic carbocycles. The van der Waals surface area contributed by atoms with Crippen LogP contribution in [0.5, 0.6) is 11.5 Å². The first-order chi connectivity index (χ1) is 12.5. The first-order valence-electron chi connectivity index (χ1n) is 7.91. The summed E-state index contributed by atoms with van der Waals surface area (Å²) in [5.41, 5.74) is 4.89. The highest BCUT2D eigenvalue weighted by Gasteiger charge is 2.06.